The minimum atomic E-state index is 0.290. The first kappa shape index (κ1) is 15.0. The fraction of sp³-hybridized carbons (Fsp3) is 1.00. The molecule has 0 aliphatic rings. The number of hydrogen-bond donors (Lipinski definition) is 1. The van der Waals surface area contributed by atoms with Gasteiger partial charge >= 0.3 is 0 Å². The summed E-state index contributed by atoms with van der Waals surface area (Å²) in [4.78, 5) is 0. The van der Waals surface area contributed by atoms with E-state index < -0.39 is 0 Å². The van der Waals surface area contributed by atoms with E-state index >= 15 is 0 Å². The van der Waals surface area contributed by atoms with Gasteiger partial charge in [-0.05, 0) is 37.6 Å². The summed E-state index contributed by atoms with van der Waals surface area (Å²) in [7, 11) is 0. The third kappa shape index (κ3) is 4.14. The molecule has 0 aromatic rings. The molecule has 1 N–H and O–H groups in total. The summed E-state index contributed by atoms with van der Waals surface area (Å²) in [5, 5.41) is 3.69. The van der Waals surface area contributed by atoms with Crippen molar-refractivity contribution in [2.75, 3.05) is 6.54 Å². The lowest BCUT2D eigenvalue weighted by Gasteiger charge is -2.41. The zero-order valence-corrected chi connectivity index (χ0v) is 11.9. The lowest BCUT2D eigenvalue weighted by molar-refractivity contribution is 0.154. The minimum Gasteiger partial charge on any atom is -0.311 e. The molecule has 0 aromatic heterocycles. The van der Waals surface area contributed by atoms with Crippen LogP contribution in [0.1, 0.15) is 61.3 Å². The van der Waals surface area contributed by atoms with E-state index in [-0.39, 0.29) is 5.54 Å². The summed E-state index contributed by atoms with van der Waals surface area (Å²) in [6.45, 7) is 17.4. The Labute approximate surface area is 97.0 Å². The molecule has 92 valence electrons. The molecule has 0 bridgehead atoms. The number of nitrogens with one attached hydrogen (secondary N) is 1. The largest absolute Gasteiger partial charge is 0.311 e. The number of hydrogen-bond acceptors (Lipinski definition) is 1. The molecule has 0 amide bonds. The molecule has 1 nitrogen and oxygen atoms in total. The second kappa shape index (κ2) is 6.52. The topological polar surface area (TPSA) is 12.0 Å². The molecule has 1 heteroatoms. The highest BCUT2D eigenvalue weighted by Crippen LogP contribution is 2.31. The highest BCUT2D eigenvalue weighted by atomic mass is 15.0. The Morgan fingerprint density at radius 1 is 1.07 bits per heavy atom. The summed E-state index contributed by atoms with van der Waals surface area (Å²) in [5.74, 6) is 2.28. The standard InChI is InChI=1S/C14H31N/c1-8-12(5)10-13(6)14(7,11(3)4)15-9-2/h11-13,15H,8-10H2,1-7H3. The van der Waals surface area contributed by atoms with Crippen molar-refractivity contribution in [1.29, 1.82) is 0 Å². The van der Waals surface area contributed by atoms with E-state index in [1.165, 1.54) is 12.8 Å². The molecule has 0 rings (SSSR count). The van der Waals surface area contributed by atoms with E-state index in [9.17, 15) is 0 Å². The Morgan fingerprint density at radius 3 is 1.93 bits per heavy atom. The minimum absolute atomic E-state index is 0.290. The molecule has 0 fully saturated rings. The van der Waals surface area contributed by atoms with Gasteiger partial charge in [-0.2, -0.15) is 0 Å². The quantitative estimate of drug-likeness (QED) is 0.672. The Balaban J connectivity index is 4.47. The highest BCUT2D eigenvalue weighted by molar-refractivity contribution is 4.91. The Morgan fingerprint density at radius 2 is 1.60 bits per heavy atom. The average Bonchev–Trinajstić information content (AvgIpc) is 2.17. The maximum Gasteiger partial charge on any atom is 0.0201 e. The van der Waals surface area contributed by atoms with Gasteiger partial charge in [0.25, 0.3) is 0 Å². The average molecular weight is 213 g/mol. The fourth-order valence-corrected chi connectivity index (χ4v) is 2.34. The molecule has 0 saturated heterocycles. The van der Waals surface area contributed by atoms with Crippen molar-refractivity contribution in [3.05, 3.63) is 0 Å². The van der Waals surface area contributed by atoms with Crippen molar-refractivity contribution >= 4 is 0 Å². The molecule has 0 aliphatic heterocycles. The van der Waals surface area contributed by atoms with Gasteiger partial charge in [-0.25, -0.2) is 0 Å². The monoisotopic (exact) mass is 213 g/mol. The molecule has 0 aromatic carbocycles. The lowest BCUT2D eigenvalue weighted by atomic mass is 9.74. The maximum absolute atomic E-state index is 3.69. The van der Waals surface area contributed by atoms with Crippen LogP contribution in [-0.2, 0) is 0 Å². The van der Waals surface area contributed by atoms with Crippen LogP contribution in [0, 0.1) is 17.8 Å². The van der Waals surface area contributed by atoms with Crippen molar-refractivity contribution < 1.29 is 0 Å². The summed E-state index contributed by atoms with van der Waals surface area (Å²) in [6, 6.07) is 0. The summed E-state index contributed by atoms with van der Waals surface area (Å²) in [6.07, 6.45) is 2.63. The Kier molecular flexibility index (Phi) is 6.51. The van der Waals surface area contributed by atoms with E-state index in [1.807, 2.05) is 0 Å². The van der Waals surface area contributed by atoms with Crippen LogP contribution in [0.15, 0.2) is 0 Å². The first-order valence-corrected chi connectivity index (χ1v) is 6.63. The fourth-order valence-electron chi connectivity index (χ4n) is 2.34. The SMILES string of the molecule is CCNC(C)(C(C)C)C(C)CC(C)CC. The third-order valence-electron chi connectivity index (χ3n) is 4.23. The van der Waals surface area contributed by atoms with Crippen molar-refractivity contribution in [2.45, 2.75) is 66.8 Å². The van der Waals surface area contributed by atoms with E-state index in [0.29, 0.717) is 5.92 Å². The zero-order valence-electron chi connectivity index (χ0n) is 11.9. The van der Waals surface area contributed by atoms with Crippen LogP contribution >= 0.6 is 0 Å². The molecule has 0 saturated carbocycles. The predicted octanol–water partition coefficient (Wildman–Crippen LogP) is 4.08. The van der Waals surface area contributed by atoms with Gasteiger partial charge in [-0.1, -0.05) is 48.0 Å². The van der Waals surface area contributed by atoms with Crippen molar-refractivity contribution in [3.63, 3.8) is 0 Å². The third-order valence-corrected chi connectivity index (χ3v) is 4.23. The van der Waals surface area contributed by atoms with Gasteiger partial charge in [-0.15, -0.1) is 0 Å². The van der Waals surface area contributed by atoms with Crippen LogP contribution in [0.4, 0.5) is 0 Å². The van der Waals surface area contributed by atoms with Gasteiger partial charge in [0.2, 0.25) is 0 Å². The second-order valence-electron chi connectivity index (χ2n) is 5.62. The van der Waals surface area contributed by atoms with Crippen molar-refractivity contribution in [1.82, 2.24) is 5.32 Å². The van der Waals surface area contributed by atoms with Gasteiger partial charge in [0.05, 0.1) is 0 Å². The van der Waals surface area contributed by atoms with E-state index in [4.69, 9.17) is 0 Å². The molecule has 3 unspecified atom stereocenters. The first-order valence-electron chi connectivity index (χ1n) is 6.63. The molecule has 0 aliphatic carbocycles. The van der Waals surface area contributed by atoms with E-state index in [0.717, 1.165) is 18.4 Å². The van der Waals surface area contributed by atoms with Crippen LogP contribution in [0.3, 0.4) is 0 Å². The Bertz CT molecular complexity index is 165. The normalized spacial score (nSPS) is 20.0. The van der Waals surface area contributed by atoms with Crippen LogP contribution < -0.4 is 5.32 Å². The van der Waals surface area contributed by atoms with Gasteiger partial charge in [-0.3, -0.25) is 0 Å². The maximum atomic E-state index is 3.69. The van der Waals surface area contributed by atoms with Gasteiger partial charge in [0.1, 0.15) is 0 Å². The lowest BCUT2D eigenvalue weighted by Crippen LogP contribution is -2.52. The van der Waals surface area contributed by atoms with Crippen LogP contribution in [0.25, 0.3) is 0 Å². The molecule has 3 atom stereocenters. The molecular formula is C14H31N. The zero-order chi connectivity index (χ0) is 12.1. The molecule has 15 heavy (non-hydrogen) atoms. The second-order valence-corrected chi connectivity index (χ2v) is 5.62. The smallest absolute Gasteiger partial charge is 0.0201 e. The number of rotatable bonds is 7. The molecule has 0 radical (unpaired) electrons. The van der Waals surface area contributed by atoms with E-state index in [1.54, 1.807) is 0 Å². The summed E-state index contributed by atoms with van der Waals surface area (Å²) in [5.41, 5.74) is 0.290. The van der Waals surface area contributed by atoms with Gasteiger partial charge in [0, 0.05) is 5.54 Å². The molecule has 0 spiro atoms. The highest BCUT2D eigenvalue weighted by Gasteiger charge is 2.33. The van der Waals surface area contributed by atoms with Crippen LogP contribution in [-0.4, -0.2) is 12.1 Å². The van der Waals surface area contributed by atoms with Gasteiger partial charge < -0.3 is 5.32 Å². The van der Waals surface area contributed by atoms with E-state index in [2.05, 4.69) is 53.8 Å². The van der Waals surface area contributed by atoms with Crippen molar-refractivity contribution in [3.8, 4) is 0 Å². The summed E-state index contributed by atoms with van der Waals surface area (Å²) < 4.78 is 0. The summed E-state index contributed by atoms with van der Waals surface area (Å²) >= 11 is 0. The predicted molar refractivity (Wildman–Crippen MR) is 70.2 cm³/mol. The van der Waals surface area contributed by atoms with Crippen molar-refractivity contribution in [2.24, 2.45) is 17.8 Å². The van der Waals surface area contributed by atoms with Crippen LogP contribution in [0.5, 0.6) is 0 Å². The molecule has 0 heterocycles. The van der Waals surface area contributed by atoms with Gasteiger partial charge in [0.15, 0.2) is 0 Å². The molecular weight excluding hydrogens is 182 g/mol. The Hall–Kier alpha value is -0.0400. The first-order chi connectivity index (χ1) is 6.88. The van der Waals surface area contributed by atoms with Crippen LogP contribution in [0.2, 0.25) is 0 Å².